The van der Waals surface area contributed by atoms with E-state index in [1.165, 1.54) is 44.9 Å². The molecule has 1 atom stereocenters. The van der Waals surface area contributed by atoms with Crippen LogP contribution in [0.15, 0.2) is 72.8 Å². The van der Waals surface area contributed by atoms with Crippen LogP contribution < -0.4 is 14.2 Å². The zero-order valence-electron chi connectivity index (χ0n) is 27.6. The topological polar surface area (TPSA) is 44.8 Å². The summed E-state index contributed by atoms with van der Waals surface area (Å²) in [4.78, 5) is 12.7. The molecule has 0 aliphatic carbocycles. The summed E-state index contributed by atoms with van der Waals surface area (Å²) in [5, 5.41) is 0. The van der Waals surface area contributed by atoms with Crippen LogP contribution in [0, 0.1) is 5.92 Å². The lowest BCUT2D eigenvalue weighted by molar-refractivity contribution is -0.179. The van der Waals surface area contributed by atoms with E-state index in [4.69, 9.17) is 14.2 Å². The molecule has 7 heteroatoms. The maximum atomic E-state index is 13.4. The Morgan fingerprint density at radius 2 is 1.02 bits per heavy atom. The van der Waals surface area contributed by atoms with Crippen molar-refractivity contribution < 1.29 is 32.2 Å². The molecule has 4 nitrogen and oxygen atoms in total. The molecule has 3 aromatic rings. The average molecular weight is 641 g/mol. The number of alkyl halides is 3. The second-order valence-corrected chi connectivity index (χ2v) is 12.0. The highest BCUT2D eigenvalue weighted by atomic mass is 19.4. The van der Waals surface area contributed by atoms with E-state index in [9.17, 15) is 18.0 Å². The Hall–Kier alpha value is -3.48. The summed E-state index contributed by atoms with van der Waals surface area (Å²) in [7, 11) is 0. The van der Waals surface area contributed by atoms with Crippen molar-refractivity contribution in [2.75, 3.05) is 13.2 Å². The molecular formula is C39H51F3O4. The highest BCUT2D eigenvalue weighted by Crippen LogP contribution is 2.33. The minimum Gasteiger partial charge on any atom is -0.494 e. The predicted octanol–water partition coefficient (Wildman–Crippen LogP) is 12.0. The smallest absolute Gasteiger partial charge is 0.391 e. The molecule has 0 saturated carbocycles. The number of ether oxygens (including phenoxy) is 3. The summed E-state index contributed by atoms with van der Waals surface area (Å²) in [5.41, 5.74) is 2.35. The zero-order valence-corrected chi connectivity index (χ0v) is 27.6. The molecule has 0 bridgehead atoms. The van der Waals surface area contributed by atoms with Crippen molar-refractivity contribution in [1.82, 2.24) is 0 Å². The van der Waals surface area contributed by atoms with Crippen molar-refractivity contribution in [3.63, 3.8) is 0 Å². The predicted molar refractivity (Wildman–Crippen MR) is 180 cm³/mol. The van der Waals surface area contributed by atoms with E-state index in [0.29, 0.717) is 23.5 Å². The van der Waals surface area contributed by atoms with E-state index in [1.807, 2.05) is 43.3 Å². The normalized spacial score (nSPS) is 12.1. The first-order valence-electron chi connectivity index (χ1n) is 17.1. The van der Waals surface area contributed by atoms with E-state index in [1.54, 1.807) is 36.4 Å². The first-order chi connectivity index (χ1) is 22.3. The quantitative estimate of drug-likeness (QED) is 0.0623. The van der Waals surface area contributed by atoms with Crippen LogP contribution in [-0.2, 0) is 0 Å². The van der Waals surface area contributed by atoms with Gasteiger partial charge in [0.05, 0.1) is 24.7 Å². The summed E-state index contributed by atoms with van der Waals surface area (Å²) < 4.78 is 57.1. The highest BCUT2D eigenvalue weighted by molar-refractivity contribution is 5.91. The first kappa shape index (κ1) is 37.0. The molecule has 3 aromatic carbocycles. The standard InChI is InChI=1S/C39H51F3O4/c1-3-5-7-9-10-11-12-14-29-44-35-22-16-31(17-23-35)32-18-26-37(27-19-32)46-38(43)33-20-24-36(25-21-33)45-30-28-34(39(40,41)42)15-13-8-6-4-2/h16-27,34H,3-15,28-30H2,1-2H3. The lowest BCUT2D eigenvalue weighted by Crippen LogP contribution is -2.25. The lowest BCUT2D eigenvalue weighted by Gasteiger charge is -2.20. The summed E-state index contributed by atoms with van der Waals surface area (Å²) in [6.45, 7) is 4.96. The van der Waals surface area contributed by atoms with E-state index in [-0.39, 0.29) is 19.4 Å². The van der Waals surface area contributed by atoms with Gasteiger partial charge < -0.3 is 14.2 Å². The van der Waals surface area contributed by atoms with Crippen molar-refractivity contribution in [3.8, 4) is 28.4 Å². The Morgan fingerprint density at radius 1 is 0.565 bits per heavy atom. The molecular weight excluding hydrogens is 589 g/mol. The summed E-state index contributed by atoms with van der Waals surface area (Å²) in [6.07, 6.45) is 9.29. The van der Waals surface area contributed by atoms with Gasteiger partial charge in [0.1, 0.15) is 17.2 Å². The van der Waals surface area contributed by atoms with Crippen molar-refractivity contribution in [1.29, 1.82) is 0 Å². The molecule has 0 fully saturated rings. The zero-order chi connectivity index (χ0) is 33.0. The van der Waals surface area contributed by atoms with Gasteiger partial charge in [-0.05, 0) is 78.9 Å². The van der Waals surface area contributed by atoms with Gasteiger partial charge in [0, 0.05) is 0 Å². The molecule has 0 amide bonds. The maximum Gasteiger partial charge on any atom is 0.391 e. The molecule has 0 saturated heterocycles. The van der Waals surface area contributed by atoms with Gasteiger partial charge in [-0.2, -0.15) is 13.2 Å². The summed E-state index contributed by atoms with van der Waals surface area (Å²) in [5.74, 6) is -0.208. The van der Waals surface area contributed by atoms with Crippen LogP contribution in [0.1, 0.15) is 114 Å². The molecule has 0 aliphatic heterocycles. The van der Waals surface area contributed by atoms with Crippen molar-refractivity contribution in [2.45, 2.75) is 110 Å². The minimum atomic E-state index is -4.23. The van der Waals surface area contributed by atoms with Crippen molar-refractivity contribution in [2.24, 2.45) is 5.92 Å². The molecule has 0 spiro atoms. The van der Waals surface area contributed by atoms with Gasteiger partial charge in [-0.1, -0.05) is 109 Å². The number of rotatable bonds is 22. The van der Waals surface area contributed by atoms with Crippen LogP contribution in [0.4, 0.5) is 13.2 Å². The van der Waals surface area contributed by atoms with E-state index in [2.05, 4.69) is 6.92 Å². The number of esters is 1. The number of hydrogen-bond donors (Lipinski definition) is 0. The largest absolute Gasteiger partial charge is 0.494 e. The third-order valence-corrected chi connectivity index (χ3v) is 8.21. The van der Waals surface area contributed by atoms with Gasteiger partial charge in [-0.3, -0.25) is 0 Å². The molecule has 0 radical (unpaired) electrons. The molecule has 0 aliphatic rings. The van der Waals surface area contributed by atoms with Crippen molar-refractivity contribution in [3.05, 3.63) is 78.4 Å². The van der Waals surface area contributed by atoms with Gasteiger partial charge >= 0.3 is 12.1 Å². The van der Waals surface area contributed by atoms with E-state index in [0.717, 1.165) is 49.2 Å². The Bertz CT molecular complexity index is 1240. The Kier molecular flexibility index (Phi) is 16.6. The van der Waals surface area contributed by atoms with E-state index < -0.39 is 18.1 Å². The summed E-state index contributed by atoms with van der Waals surface area (Å²) >= 11 is 0. The monoisotopic (exact) mass is 640 g/mol. The molecule has 46 heavy (non-hydrogen) atoms. The van der Waals surface area contributed by atoms with Gasteiger partial charge in [0.25, 0.3) is 0 Å². The Morgan fingerprint density at radius 3 is 1.57 bits per heavy atom. The number of carbonyl (C=O) groups excluding carboxylic acids is 1. The first-order valence-corrected chi connectivity index (χ1v) is 17.1. The second-order valence-electron chi connectivity index (χ2n) is 12.0. The number of carbonyl (C=O) groups is 1. The molecule has 252 valence electrons. The fraction of sp³-hybridized carbons (Fsp3) is 0.513. The van der Waals surface area contributed by atoms with Gasteiger partial charge in [0.2, 0.25) is 0 Å². The van der Waals surface area contributed by atoms with Crippen molar-refractivity contribution >= 4 is 5.97 Å². The van der Waals surface area contributed by atoms with Crippen LogP contribution in [0.25, 0.3) is 11.1 Å². The molecule has 0 heterocycles. The fourth-order valence-corrected chi connectivity index (χ4v) is 5.35. The maximum absolute atomic E-state index is 13.4. The van der Waals surface area contributed by atoms with Gasteiger partial charge in [0.15, 0.2) is 0 Å². The summed E-state index contributed by atoms with van der Waals surface area (Å²) in [6, 6.07) is 21.5. The third kappa shape index (κ3) is 13.9. The van der Waals surface area contributed by atoms with Crippen LogP contribution in [0.5, 0.6) is 17.2 Å². The van der Waals surface area contributed by atoms with Crippen LogP contribution in [0.3, 0.4) is 0 Å². The molecule has 0 aromatic heterocycles. The Balaban J connectivity index is 1.39. The van der Waals surface area contributed by atoms with Gasteiger partial charge in [-0.25, -0.2) is 4.79 Å². The van der Waals surface area contributed by atoms with E-state index >= 15 is 0 Å². The lowest BCUT2D eigenvalue weighted by atomic mass is 9.97. The van der Waals surface area contributed by atoms with Crippen LogP contribution >= 0.6 is 0 Å². The molecule has 3 rings (SSSR count). The molecule has 1 unspecified atom stereocenters. The minimum absolute atomic E-state index is 0.0385. The average Bonchev–Trinajstić information content (AvgIpc) is 3.05. The fourth-order valence-electron chi connectivity index (χ4n) is 5.35. The number of benzene rings is 3. The third-order valence-electron chi connectivity index (χ3n) is 8.21. The van der Waals surface area contributed by atoms with Gasteiger partial charge in [-0.15, -0.1) is 0 Å². The Labute approximate surface area is 273 Å². The number of hydrogen-bond acceptors (Lipinski definition) is 4. The van der Waals surface area contributed by atoms with Crippen LogP contribution in [0.2, 0.25) is 0 Å². The number of unbranched alkanes of at least 4 members (excludes halogenated alkanes) is 10. The molecule has 0 N–H and O–H groups in total. The second kappa shape index (κ2) is 20.6. The van der Waals surface area contributed by atoms with Crippen LogP contribution in [-0.4, -0.2) is 25.4 Å². The SMILES string of the molecule is CCCCCCCCCCOc1ccc(-c2ccc(OC(=O)c3ccc(OCCC(CCCCCC)C(F)(F)F)cc3)cc2)cc1. The number of halogens is 3. The highest BCUT2D eigenvalue weighted by Gasteiger charge is 2.38.